The second-order valence-electron chi connectivity index (χ2n) is 9.18. The molecule has 3 atom stereocenters. The minimum Gasteiger partial charge on any atom is -0.496 e. The Kier molecular flexibility index (Phi) is 7.13. The van der Waals surface area contributed by atoms with Crippen LogP contribution in [0.15, 0.2) is 35.3 Å². The molecule has 2 aromatic heterocycles. The number of aromatic nitrogens is 3. The summed E-state index contributed by atoms with van der Waals surface area (Å²) in [4.78, 5) is 17.6. The number of hydrogen-bond acceptors (Lipinski definition) is 6. The van der Waals surface area contributed by atoms with Crippen LogP contribution in [0.2, 0.25) is 0 Å². The van der Waals surface area contributed by atoms with Gasteiger partial charge in [-0.25, -0.2) is 4.39 Å². The molecule has 0 bridgehead atoms. The Morgan fingerprint density at radius 1 is 1.23 bits per heavy atom. The topological polar surface area (TPSA) is 79.3 Å². The number of methoxy groups -OCH3 is 1. The molecule has 1 aliphatic rings. The maximum atomic E-state index is 13.8. The normalized spacial score (nSPS) is 19.6. The zero-order valence-corrected chi connectivity index (χ0v) is 21.0. The molecule has 35 heavy (non-hydrogen) atoms. The highest BCUT2D eigenvalue weighted by atomic mass is 19.1. The minimum atomic E-state index is -0.313. The summed E-state index contributed by atoms with van der Waals surface area (Å²) in [6.45, 7) is 8.10. The first-order chi connectivity index (χ1) is 16.8. The fourth-order valence-corrected chi connectivity index (χ4v) is 5.28. The molecular formula is C26H33FN6O2. The summed E-state index contributed by atoms with van der Waals surface area (Å²) in [5.41, 5.74) is 3.13. The van der Waals surface area contributed by atoms with Crippen molar-refractivity contribution in [1.82, 2.24) is 19.2 Å². The number of nitriles is 1. The van der Waals surface area contributed by atoms with Crippen LogP contribution in [-0.2, 0) is 13.6 Å². The smallest absolute Gasteiger partial charge is 0.252 e. The summed E-state index contributed by atoms with van der Waals surface area (Å²) in [6.07, 6.45) is 3.56. The van der Waals surface area contributed by atoms with Gasteiger partial charge in [0.2, 0.25) is 0 Å². The van der Waals surface area contributed by atoms with E-state index in [0.717, 1.165) is 48.2 Å². The summed E-state index contributed by atoms with van der Waals surface area (Å²) < 4.78 is 22.5. The van der Waals surface area contributed by atoms with Crippen LogP contribution in [-0.4, -0.2) is 51.5 Å². The number of halogens is 1. The van der Waals surface area contributed by atoms with Crippen LogP contribution in [0, 0.1) is 17.1 Å². The van der Waals surface area contributed by atoms with Crippen LogP contribution in [0.3, 0.4) is 0 Å². The molecule has 4 rings (SSSR count). The number of hydrogen-bond donors (Lipinski definition) is 0. The van der Waals surface area contributed by atoms with E-state index in [-0.39, 0.29) is 36.0 Å². The third kappa shape index (κ3) is 4.50. The Labute approximate surface area is 205 Å². The van der Waals surface area contributed by atoms with Crippen molar-refractivity contribution < 1.29 is 9.13 Å². The lowest BCUT2D eigenvalue weighted by Crippen LogP contribution is -2.58. The molecule has 0 radical (unpaired) electrons. The number of nitrogens with zero attached hydrogens (tertiary/aromatic N) is 6. The van der Waals surface area contributed by atoms with Gasteiger partial charge in [0.15, 0.2) is 0 Å². The highest BCUT2D eigenvalue weighted by molar-refractivity contribution is 5.88. The predicted molar refractivity (Wildman–Crippen MR) is 134 cm³/mol. The van der Waals surface area contributed by atoms with Crippen molar-refractivity contribution in [2.75, 3.05) is 25.1 Å². The third-order valence-corrected chi connectivity index (χ3v) is 7.30. The van der Waals surface area contributed by atoms with E-state index in [1.807, 2.05) is 6.07 Å². The fourth-order valence-electron chi connectivity index (χ4n) is 5.28. The largest absolute Gasteiger partial charge is 0.496 e. The number of aryl methyl sites for hydroxylation is 1. The molecule has 8 nitrogen and oxygen atoms in total. The third-order valence-electron chi connectivity index (χ3n) is 7.30. The van der Waals surface area contributed by atoms with Gasteiger partial charge in [0.1, 0.15) is 23.6 Å². The van der Waals surface area contributed by atoms with Gasteiger partial charge < -0.3 is 14.2 Å². The van der Waals surface area contributed by atoms with Gasteiger partial charge in [-0.3, -0.25) is 14.4 Å². The van der Waals surface area contributed by atoms with Gasteiger partial charge in [-0.15, -0.1) is 0 Å². The van der Waals surface area contributed by atoms with Gasteiger partial charge in [-0.1, -0.05) is 19.9 Å². The second kappa shape index (κ2) is 10.1. The van der Waals surface area contributed by atoms with E-state index >= 15 is 0 Å². The molecule has 0 spiro atoms. The molecule has 0 saturated carbocycles. The Hall–Kier alpha value is -3.38. The second-order valence-corrected chi connectivity index (χ2v) is 9.18. The molecule has 1 fully saturated rings. The van der Waals surface area contributed by atoms with Gasteiger partial charge >= 0.3 is 0 Å². The van der Waals surface area contributed by atoms with Crippen molar-refractivity contribution in [2.24, 2.45) is 7.05 Å². The van der Waals surface area contributed by atoms with Crippen LogP contribution >= 0.6 is 0 Å². The monoisotopic (exact) mass is 480 g/mol. The highest BCUT2D eigenvalue weighted by Crippen LogP contribution is 2.37. The van der Waals surface area contributed by atoms with E-state index in [4.69, 9.17) is 10.00 Å². The molecule has 3 heterocycles. The average molecular weight is 481 g/mol. The standard InChI is InChI=1S/C26H33FN6O2/c1-6-19-15-33(22-13-25(34)30(4)23-16-31(11-10-28)29-26(22)23)20(7-2)14-32(19)17(3)21-9-8-18(27)12-24(21)35-5/h8-9,12-13,16-17,19-20H,6-7,11,14-15H2,1-5H3/t17?,19-,20+/m1/s1. The first kappa shape index (κ1) is 24.7. The summed E-state index contributed by atoms with van der Waals surface area (Å²) in [6, 6.07) is 8.92. The Morgan fingerprint density at radius 3 is 2.63 bits per heavy atom. The van der Waals surface area contributed by atoms with E-state index in [1.54, 1.807) is 35.7 Å². The molecule has 3 aromatic rings. The molecule has 1 unspecified atom stereocenters. The number of fused-ring (bicyclic) bond motifs is 1. The van der Waals surface area contributed by atoms with Gasteiger partial charge in [-0.05, 0) is 25.8 Å². The Morgan fingerprint density at radius 2 is 1.97 bits per heavy atom. The summed E-state index contributed by atoms with van der Waals surface area (Å²) in [7, 11) is 3.30. The summed E-state index contributed by atoms with van der Waals surface area (Å²) in [5, 5.41) is 13.8. The molecule has 1 aliphatic heterocycles. The first-order valence-electron chi connectivity index (χ1n) is 12.1. The maximum Gasteiger partial charge on any atom is 0.252 e. The lowest BCUT2D eigenvalue weighted by molar-refractivity contribution is 0.0997. The Bertz CT molecular complexity index is 1310. The van der Waals surface area contributed by atoms with Gasteiger partial charge in [0.25, 0.3) is 5.56 Å². The number of anilines is 1. The van der Waals surface area contributed by atoms with Crippen LogP contribution < -0.4 is 15.2 Å². The van der Waals surface area contributed by atoms with Crippen LogP contribution in [0.25, 0.3) is 11.0 Å². The van der Waals surface area contributed by atoms with Crippen LogP contribution in [0.4, 0.5) is 10.1 Å². The van der Waals surface area contributed by atoms with Crippen LogP contribution in [0.1, 0.15) is 45.2 Å². The molecule has 0 aliphatic carbocycles. The fraction of sp³-hybridized carbons (Fsp3) is 0.500. The van der Waals surface area contributed by atoms with Gasteiger partial charge in [-0.2, -0.15) is 10.4 Å². The molecule has 1 aromatic carbocycles. The summed E-state index contributed by atoms with van der Waals surface area (Å²) in [5.74, 6) is 0.241. The molecule has 0 amide bonds. The predicted octanol–water partition coefficient (Wildman–Crippen LogP) is 3.85. The van der Waals surface area contributed by atoms with Crippen molar-refractivity contribution in [1.29, 1.82) is 5.26 Å². The van der Waals surface area contributed by atoms with Crippen molar-refractivity contribution in [2.45, 2.75) is 58.3 Å². The van der Waals surface area contributed by atoms with E-state index in [0.29, 0.717) is 5.75 Å². The van der Waals surface area contributed by atoms with Crippen molar-refractivity contribution >= 4 is 16.7 Å². The number of benzene rings is 1. The minimum absolute atomic E-state index is 0.0326. The van der Waals surface area contributed by atoms with Gasteiger partial charge in [0, 0.05) is 56.0 Å². The maximum absolute atomic E-state index is 13.8. The lowest BCUT2D eigenvalue weighted by Gasteiger charge is -2.49. The lowest BCUT2D eigenvalue weighted by atomic mass is 9.96. The van der Waals surface area contributed by atoms with Crippen molar-refractivity contribution in [3.63, 3.8) is 0 Å². The van der Waals surface area contributed by atoms with E-state index in [1.165, 1.54) is 12.1 Å². The average Bonchev–Trinajstić information content (AvgIpc) is 3.29. The Balaban J connectivity index is 1.73. The number of pyridine rings is 1. The number of rotatable bonds is 7. The zero-order chi connectivity index (χ0) is 25.3. The SMILES string of the molecule is CC[C@H]1CN(C(C)c2ccc(F)cc2OC)[C@H](CC)CN1c1cc(=O)n(C)c2cn(CC#N)nc12. The quantitative estimate of drug-likeness (QED) is 0.511. The molecular weight excluding hydrogens is 447 g/mol. The molecule has 9 heteroatoms. The number of ether oxygens (including phenoxy) is 1. The molecule has 186 valence electrons. The highest BCUT2D eigenvalue weighted by Gasteiger charge is 2.37. The van der Waals surface area contributed by atoms with Gasteiger partial charge in [0.05, 0.1) is 30.6 Å². The molecule has 1 saturated heterocycles. The summed E-state index contributed by atoms with van der Waals surface area (Å²) >= 11 is 0. The zero-order valence-electron chi connectivity index (χ0n) is 21.0. The van der Waals surface area contributed by atoms with E-state index in [9.17, 15) is 9.18 Å². The van der Waals surface area contributed by atoms with Crippen molar-refractivity contribution in [3.8, 4) is 11.8 Å². The molecule has 0 N–H and O–H groups in total. The van der Waals surface area contributed by atoms with E-state index in [2.05, 4.69) is 41.7 Å². The van der Waals surface area contributed by atoms with Crippen LogP contribution in [0.5, 0.6) is 5.75 Å². The first-order valence-corrected chi connectivity index (χ1v) is 12.1. The number of piperazine rings is 1. The van der Waals surface area contributed by atoms with E-state index < -0.39 is 0 Å². The van der Waals surface area contributed by atoms with Crippen molar-refractivity contribution in [3.05, 3.63) is 52.2 Å².